The molecule has 136 valence electrons. The van der Waals surface area contributed by atoms with Gasteiger partial charge < -0.3 is 14.5 Å². The van der Waals surface area contributed by atoms with Crippen molar-refractivity contribution in [2.75, 3.05) is 37.7 Å². The molecular formula is C18H22Cl2N2O3. The molecule has 2 amide bonds. The first kappa shape index (κ1) is 18.5. The van der Waals surface area contributed by atoms with E-state index in [1.165, 1.54) is 0 Å². The Kier molecular flexibility index (Phi) is 5.87. The molecule has 0 unspecified atom stereocenters. The number of rotatable bonds is 5. The number of ether oxygens (including phenoxy) is 1. The minimum atomic E-state index is -0.614. The molecule has 3 rings (SSSR count). The summed E-state index contributed by atoms with van der Waals surface area (Å²) in [6.45, 7) is 5.17. The van der Waals surface area contributed by atoms with Gasteiger partial charge in [-0.1, -0.05) is 23.2 Å². The zero-order chi connectivity index (χ0) is 18.0. The molecule has 0 radical (unpaired) electrons. The first-order chi connectivity index (χ1) is 12.0. The maximum Gasteiger partial charge on any atom is 0.239 e. The van der Waals surface area contributed by atoms with Gasteiger partial charge in [0.25, 0.3) is 0 Å². The topological polar surface area (TPSA) is 49.9 Å². The molecule has 0 aromatic heterocycles. The number of benzene rings is 1. The number of carbonyl (C=O) groups is 2. The molecule has 0 bridgehead atoms. The summed E-state index contributed by atoms with van der Waals surface area (Å²) in [4.78, 5) is 29.1. The quantitative estimate of drug-likeness (QED) is 0.732. The fourth-order valence-electron chi connectivity index (χ4n) is 3.45. The van der Waals surface area contributed by atoms with Crippen molar-refractivity contribution in [3.8, 4) is 0 Å². The Bertz CT molecular complexity index is 662. The van der Waals surface area contributed by atoms with Crippen molar-refractivity contribution in [3.05, 3.63) is 28.2 Å². The van der Waals surface area contributed by atoms with Crippen molar-refractivity contribution in [2.24, 2.45) is 11.8 Å². The summed E-state index contributed by atoms with van der Waals surface area (Å²) >= 11 is 12.0. The smallest absolute Gasteiger partial charge is 0.239 e. The van der Waals surface area contributed by atoms with E-state index in [1.54, 1.807) is 28.0 Å². The van der Waals surface area contributed by atoms with Crippen molar-refractivity contribution in [1.29, 1.82) is 0 Å². The standard InChI is InChI=1S/C18H22Cl2N2O3/c1-2-21(10-12-6-8-25-11-12)17(23)14-5-7-22(18(14)24)13-3-4-15(19)16(20)9-13/h3-4,9,12,14H,2,5-8,10-11H2,1H3/t12-,14+/m1/s1. The number of hydrogen-bond donors (Lipinski definition) is 0. The van der Waals surface area contributed by atoms with Gasteiger partial charge in [-0.3, -0.25) is 9.59 Å². The highest BCUT2D eigenvalue weighted by Gasteiger charge is 2.40. The highest BCUT2D eigenvalue weighted by molar-refractivity contribution is 6.42. The zero-order valence-corrected chi connectivity index (χ0v) is 15.7. The lowest BCUT2D eigenvalue weighted by Gasteiger charge is -2.26. The Morgan fingerprint density at radius 3 is 2.76 bits per heavy atom. The third-order valence-corrected chi connectivity index (χ3v) is 5.65. The van der Waals surface area contributed by atoms with Crippen LogP contribution in [0.4, 0.5) is 5.69 Å². The van der Waals surface area contributed by atoms with E-state index in [0.29, 0.717) is 54.3 Å². The van der Waals surface area contributed by atoms with Crippen LogP contribution in [0.1, 0.15) is 19.8 Å². The van der Waals surface area contributed by atoms with Crippen LogP contribution >= 0.6 is 23.2 Å². The lowest BCUT2D eigenvalue weighted by Crippen LogP contribution is -2.42. The third-order valence-electron chi connectivity index (χ3n) is 4.91. The summed E-state index contributed by atoms with van der Waals surface area (Å²) in [7, 11) is 0. The fourth-order valence-corrected chi connectivity index (χ4v) is 3.74. The van der Waals surface area contributed by atoms with Crippen molar-refractivity contribution in [2.45, 2.75) is 19.8 Å². The Morgan fingerprint density at radius 1 is 1.32 bits per heavy atom. The first-order valence-corrected chi connectivity index (χ1v) is 9.39. The van der Waals surface area contributed by atoms with Crippen LogP contribution in [0.2, 0.25) is 10.0 Å². The Morgan fingerprint density at radius 2 is 2.12 bits per heavy atom. The molecule has 2 fully saturated rings. The molecule has 2 atom stereocenters. The van der Waals surface area contributed by atoms with E-state index in [9.17, 15) is 9.59 Å². The average molecular weight is 385 g/mol. The third kappa shape index (κ3) is 3.94. The predicted octanol–water partition coefficient (Wildman–Crippen LogP) is 3.23. The van der Waals surface area contributed by atoms with E-state index in [1.807, 2.05) is 6.92 Å². The second-order valence-corrected chi connectivity index (χ2v) is 7.35. The second kappa shape index (κ2) is 7.94. The minimum Gasteiger partial charge on any atom is -0.381 e. The van der Waals surface area contributed by atoms with Crippen LogP contribution in [0.15, 0.2) is 18.2 Å². The van der Waals surface area contributed by atoms with Gasteiger partial charge in [0.2, 0.25) is 11.8 Å². The summed E-state index contributed by atoms with van der Waals surface area (Å²) < 4.78 is 5.39. The molecule has 2 heterocycles. The van der Waals surface area contributed by atoms with Crippen LogP contribution < -0.4 is 4.90 Å². The maximum atomic E-state index is 12.9. The monoisotopic (exact) mass is 384 g/mol. The normalized spacial score (nSPS) is 23.3. The summed E-state index contributed by atoms with van der Waals surface area (Å²) in [6.07, 6.45) is 1.49. The Labute approximate surface area is 157 Å². The molecule has 0 aliphatic carbocycles. The van der Waals surface area contributed by atoms with Crippen molar-refractivity contribution in [3.63, 3.8) is 0 Å². The highest BCUT2D eigenvalue weighted by Crippen LogP contribution is 2.31. The predicted molar refractivity (Wildman–Crippen MR) is 98.1 cm³/mol. The van der Waals surface area contributed by atoms with Gasteiger partial charge in [0.05, 0.1) is 16.7 Å². The van der Waals surface area contributed by atoms with Gasteiger partial charge in [-0.15, -0.1) is 0 Å². The summed E-state index contributed by atoms with van der Waals surface area (Å²) in [5.41, 5.74) is 0.682. The molecule has 1 aromatic carbocycles. The maximum absolute atomic E-state index is 12.9. The van der Waals surface area contributed by atoms with Crippen molar-refractivity contribution in [1.82, 2.24) is 4.90 Å². The lowest BCUT2D eigenvalue weighted by atomic mass is 10.0. The van der Waals surface area contributed by atoms with Gasteiger partial charge >= 0.3 is 0 Å². The van der Waals surface area contributed by atoms with Crippen molar-refractivity contribution >= 4 is 40.7 Å². The fraction of sp³-hybridized carbons (Fsp3) is 0.556. The van der Waals surface area contributed by atoms with E-state index in [2.05, 4.69) is 0 Å². The van der Waals surface area contributed by atoms with E-state index >= 15 is 0 Å². The Hall–Kier alpha value is -1.30. The summed E-state index contributed by atoms with van der Waals surface area (Å²) in [5.74, 6) is -0.491. The number of amides is 2. The summed E-state index contributed by atoms with van der Waals surface area (Å²) in [6, 6.07) is 5.09. The molecule has 2 aliphatic heterocycles. The molecule has 0 spiro atoms. The number of carbonyl (C=O) groups excluding carboxylic acids is 2. The second-order valence-electron chi connectivity index (χ2n) is 6.54. The molecule has 1 aromatic rings. The Balaban J connectivity index is 1.69. The molecule has 5 nitrogen and oxygen atoms in total. The van der Waals surface area contributed by atoms with E-state index in [4.69, 9.17) is 27.9 Å². The van der Waals surface area contributed by atoms with Crippen LogP contribution in [0.25, 0.3) is 0 Å². The zero-order valence-electron chi connectivity index (χ0n) is 14.2. The molecule has 2 saturated heterocycles. The molecule has 0 N–H and O–H groups in total. The van der Waals surface area contributed by atoms with Crippen LogP contribution in [-0.2, 0) is 14.3 Å². The highest BCUT2D eigenvalue weighted by atomic mass is 35.5. The van der Waals surface area contributed by atoms with Gasteiger partial charge in [0.15, 0.2) is 0 Å². The first-order valence-electron chi connectivity index (χ1n) is 8.64. The van der Waals surface area contributed by atoms with Crippen LogP contribution in [0.5, 0.6) is 0 Å². The number of halogens is 2. The van der Waals surface area contributed by atoms with Gasteiger partial charge in [-0.05, 0) is 38.0 Å². The van der Waals surface area contributed by atoms with E-state index < -0.39 is 5.92 Å². The van der Waals surface area contributed by atoms with Gasteiger partial charge in [0, 0.05) is 37.8 Å². The molecule has 25 heavy (non-hydrogen) atoms. The molecule has 7 heteroatoms. The lowest BCUT2D eigenvalue weighted by molar-refractivity contribution is -0.140. The van der Waals surface area contributed by atoms with Crippen molar-refractivity contribution < 1.29 is 14.3 Å². The van der Waals surface area contributed by atoms with Gasteiger partial charge in [-0.25, -0.2) is 0 Å². The van der Waals surface area contributed by atoms with Crippen LogP contribution in [0.3, 0.4) is 0 Å². The summed E-state index contributed by atoms with van der Waals surface area (Å²) in [5, 5.41) is 0.846. The number of anilines is 1. The van der Waals surface area contributed by atoms with Crippen LogP contribution in [0, 0.1) is 11.8 Å². The molecule has 0 saturated carbocycles. The molecule has 2 aliphatic rings. The molecular weight excluding hydrogens is 363 g/mol. The number of nitrogens with zero attached hydrogens (tertiary/aromatic N) is 2. The van der Waals surface area contributed by atoms with Gasteiger partial charge in [0.1, 0.15) is 5.92 Å². The SMILES string of the molecule is CCN(C[C@H]1CCOC1)C(=O)[C@@H]1CCN(c2ccc(Cl)c(Cl)c2)C1=O. The average Bonchev–Trinajstić information content (AvgIpc) is 3.24. The van der Waals surface area contributed by atoms with E-state index in [-0.39, 0.29) is 11.8 Å². The largest absolute Gasteiger partial charge is 0.381 e. The van der Waals surface area contributed by atoms with Crippen LogP contribution in [-0.4, -0.2) is 49.6 Å². The van der Waals surface area contributed by atoms with E-state index in [0.717, 1.165) is 13.0 Å². The van der Waals surface area contributed by atoms with Gasteiger partial charge in [-0.2, -0.15) is 0 Å². The number of hydrogen-bond acceptors (Lipinski definition) is 3. The minimum absolute atomic E-state index is 0.0815.